The van der Waals surface area contributed by atoms with Crippen molar-refractivity contribution in [3.05, 3.63) is 43.0 Å². The number of para-hydroxylation sites is 1. The third-order valence-electron chi connectivity index (χ3n) is 7.51. The number of hydrogen-bond donors (Lipinski definition) is 1. The quantitative estimate of drug-likeness (QED) is 0.0651. The van der Waals surface area contributed by atoms with Gasteiger partial charge in [0.2, 0.25) is 0 Å². The van der Waals surface area contributed by atoms with E-state index >= 15 is 0 Å². The summed E-state index contributed by atoms with van der Waals surface area (Å²) in [5.41, 5.74) is 7.02. The summed E-state index contributed by atoms with van der Waals surface area (Å²) in [4.78, 5) is 12.4. The molecule has 3 aromatic rings. The third kappa shape index (κ3) is 14.5. The van der Waals surface area contributed by atoms with Gasteiger partial charge in [0.05, 0.1) is 19.5 Å². The number of nitrogens with zero attached hydrogens (tertiary/aromatic N) is 4. The Hall–Kier alpha value is -2.52. The summed E-state index contributed by atoms with van der Waals surface area (Å²) in [6.07, 6.45) is 22.3. The number of nitrogens with two attached hydrogens (primary N) is 1. The molecule has 0 bridgehead atoms. The van der Waals surface area contributed by atoms with Gasteiger partial charge in [-0.15, -0.1) is 0 Å². The van der Waals surface area contributed by atoms with Gasteiger partial charge in [0.15, 0.2) is 17.8 Å². The van der Waals surface area contributed by atoms with Crippen molar-refractivity contribution in [2.75, 3.05) is 38.5 Å². The van der Waals surface area contributed by atoms with Crippen molar-refractivity contribution in [1.82, 2.24) is 19.5 Å². The molecule has 0 spiro atoms. The lowest BCUT2D eigenvalue weighted by Crippen LogP contribution is -2.11. The van der Waals surface area contributed by atoms with Gasteiger partial charge >= 0.3 is 7.60 Å². The third-order valence-corrected chi connectivity index (χ3v) is 9.07. The molecular formula is C33H54N5O5P. The highest BCUT2D eigenvalue weighted by Crippen LogP contribution is 2.48. The summed E-state index contributed by atoms with van der Waals surface area (Å²) in [5.74, 6) is 0.800. The number of anilines is 1. The topological polar surface area (TPSA) is 124 Å². The maximum atomic E-state index is 13.5. The maximum absolute atomic E-state index is 13.5. The van der Waals surface area contributed by atoms with E-state index in [0.717, 1.165) is 13.0 Å². The number of ether oxygens (including phenoxy) is 2. The first-order valence-electron chi connectivity index (χ1n) is 16.7. The first-order valence-corrected chi connectivity index (χ1v) is 18.4. The molecule has 0 aliphatic heterocycles. The molecule has 0 fully saturated rings. The molecule has 2 heterocycles. The fourth-order valence-corrected chi connectivity index (χ4v) is 6.38. The summed E-state index contributed by atoms with van der Waals surface area (Å²) < 4.78 is 38.4. The van der Waals surface area contributed by atoms with Crippen LogP contribution in [0.25, 0.3) is 11.2 Å². The van der Waals surface area contributed by atoms with E-state index in [1.54, 1.807) is 18.5 Å². The number of rotatable bonds is 27. The molecule has 10 nitrogen and oxygen atoms in total. The van der Waals surface area contributed by atoms with Crippen LogP contribution in [0.3, 0.4) is 0 Å². The summed E-state index contributed by atoms with van der Waals surface area (Å²) in [6, 6.07) is 9.01. The summed E-state index contributed by atoms with van der Waals surface area (Å²) in [7, 11) is -3.54. The van der Waals surface area contributed by atoms with E-state index in [1.807, 2.05) is 22.8 Å². The molecule has 0 saturated heterocycles. The molecule has 0 radical (unpaired) electrons. The first kappa shape index (κ1) is 36.0. The lowest BCUT2D eigenvalue weighted by molar-refractivity contribution is 0.107. The largest absolute Gasteiger partial charge is 0.423 e. The van der Waals surface area contributed by atoms with Crippen molar-refractivity contribution in [3.63, 3.8) is 0 Å². The van der Waals surface area contributed by atoms with Crippen LogP contribution in [0.4, 0.5) is 5.82 Å². The molecule has 0 aliphatic carbocycles. The molecule has 2 N–H and O–H groups in total. The molecule has 11 heteroatoms. The second-order valence-corrected chi connectivity index (χ2v) is 13.2. The van der Waals surface area contributed by atoms with E-state index < -0.39 is 7.60 Å². The van der Waals surface area contributed by atoms with Crippen molar-refractivity contribution in [1.29, 1.82) is 0 Å². The summed E-state index contributed by atoms with van der Waals surface area (Å²) >= 11 is 0. The molecular weight excluding hydrogens is 577 g/mol. The van der Waals surface area contributed by atoms with E-state index in [-0.39, 0.29) is 19.6 Å². The normalized spacial score (nSPS) is 12.9. The van der Waals surface area contributed by atoms with Gasteiger partial charge in [0.1, 0.15) is 17.6 Å². The summed E-state index contributed by atoms with van der Waals surface area (Å²) in [6.45, 7) is 4.56. The van der Waals surface area contributed by atoms with Crippen LogP contribution in [0.2, 0.25) is 0 Å². The smallest absolute Gasteiger partial charge is 0.404 e. The first-order chi connectivity index (χ1) is 21.6. The zero-order valence-corrected chi connectivity index (χ0v) is 27.6. The molecule has 0 saturated carbocycles. The van der Waals surface area contributed by atoms with E-state index in [4.69, 9.17) is 24.3 Å². The molecule has 1 aromatic carbocycles. The lowest BCUT2D eigenvalue weighted by atomic mass is 10.0. The number of imidazole rings is 1. The Kier molecular flexibility index (Phi) is 18.0. The molecule has 1 unspecified atom stereocenters. The van der Waals surface area contributed by atoms with Gasteiger partial charge in [-0.25, -0.2) is 19.5 Å². The fraction of sp³-hybridized carbons (Fsp3) is 0.667. The molecule has 3 rings (SSSR count). The zero-order valence-electron chi connectivity index (χ0n) is 26.7. The number of hydrogen-bond acceptors (Lipinski definition) is 9. The van der Waals surface area contributed by atoms with Gasteiger partial charge in [-0.3, -0.25) is 4.52 Å². The van der Waals surface area contributed by atoms with Gasteiger partial charge < -0.3 is 24.3 Å². The Labute approximate surface area is 264 Å². The molecule has 246 valence electrons. The Balaban J connectivity index is 1.22. The predicted octanol–water partition coefficient (Wildman–Crippen LogP) is 8.56. The van der Waals surface area contributed by atoms with Gasteiger partial charge in [0, 0.05) is 19.8 Å². The Morgan fingerprint density at radius 2 is 1.36 bits per heavy atom. The van der Waals surface area contributed by atoms with Crippen LogP contribution in [0, 0.1) is 0 Å². The minimum atomic E-state index is -3.54. The van der Waals surface area contributed by atoms with E-state index in [9.17, 15) is 4.57 Å². The fourth-order valence-electron chi connectivity index (χ4n) is 5.00. The second-order valence-electron chi connectivity index (χ2n) is 11.3. The predicted molar refractivity (Wildman–Crippen MR) is 177 cm³/mol. The van der Waals surface area contributed by atoms with Gasteiger partial charge in [0.25, 0.3) is 0 Å². The molecule has 1 atom stereocenters. The number of aromatic nitrogens is 4. The Bertz CT molecular complexity index is 1200. The average Bonchev–Trinajstić information content (AvgIpc) is 3.45. The Morgan fingerprint density at radius 1 is 0.727 bits per heavy atom. The lowest BCUT2D eigenvalue weighted by Gasteiger charge is -2.19. The zero-order chi connectivity index (χ0) is 31.1. The van der Waals surface area contributed by atoms with Crippen LogP contribution in [-0.2, 0) is 25.1 Å². The molecule has 0 aliphatic rings. The SMILES string of the molecule is CCCCCCCCCCCCCCCCOCCCOP(=O)(COCCn1cnc2c(N)ncnc21)Oc1ccccc1. The van der Waals surface area contributed by atoms with Crippen molar-refractivity contribution >= 4 is 24.6 Å². The molecule has 0 amide bonds. The average molecular weight is 632 g/mol. The van der Waals surface area contributed by atoms with Crippen LogP contribution in [0.5, 0.6) is 5.75 Å². The van der Waals surface area contributed by atoms with E-state index in [2.05, 4.69) is 21.9 Å². The van der Waals surface area contributed by atoms with Crippen molar-refractivity contribution in [2.24, 2.45) is 0 Å². The van der Waals surface area contributed by atoms with Crippen molar-refractivity contribution in [3.8, 4) is 5.75 Å². The maximum Gasteiger partial charge on any atom is 0.404 e. The van der Waals surface area contributed by atoms with Crippen LogP contribution >= 0.6 is 7.60 Å². The summed E-state index contributed by atoms with van der Waals surface area (Å²) in [5, 5.41) is 0. The van der Waals surface area contributed by atoms with Crippen molar-refractivity contribution < 1.29 is 23.1 Å². The monoisotopic (exact) mass is 631 g/mol. The van der Waals surface area contributed by atoms with E-state index in [1.165, 1.54) is 89.8 Å². The highest BCUT2D eigenvalue weighted by molar-refractivity contribution is 7.54. The minimum absolute atomic E-state index is 0.175. The van der Waals surface area contributed by atoms with Crippen LogP contribution in [0.1, 0.15) is 103 Å². The standard InChI is InChI=1S/C33H54N5O5P/c1-2-3-4-5-6-7-8-9-10-11-12-13-14-18-23-40-24-19-25-42-44(39,43-30-20-16-15-17-21-30)29-41-26-22-38-28-37-31-32(34)35-27-36-33(31)38/h15-17,20-21,27-28H,2-14,18-19,22-26,29H2,1H3,(H2,34,35,36). The van der Waals surface area contributed by atoms with Gasteiger partial charge in [-0.2, -0.15) is 0 Å². The highest BCUT2D eigenvalue weighted by Gasteiger charge is 2.27. The second kappa shape index (κ2) is 22.1. The van der Waals surface area contributed by atoms with Gasteiger partial charge in [-0.05, 0) is 25.0 Å². The molecule has 44 heavy (non-hydrogen) atoms. The number of fused-ring (bicyclic) bond motifs is 1. The van der Waals surface area contributed by atoms with Gasteiger partial charge in [-0.1, -0.05) is 109 Å². The van der Waals surface area contributed by atoms with Crippen molar-refractivity contribution in [2.45, 2.75) is 110 Å². The number of benzene rings is 1. The van der Waals surface area contributed by atoms with Crippen LogP contribution in [0.15, 0.2) is 43.0 Å². The molecule has 2 aromatic heterocycles. The van der Waals surface area contributed by atoms with Crippen LogP contribution in [-0.4, -0.2) is 52.3 Å². The van der Waals surface area contributed by atoms with Crippen LogP contribution < -0.4 is 10.3 Å². The minimum Gasteiger partial charge on any atom is -0.423 e. The highest BCUT2D eigenvalue weighted by atomic mass is 31.2. The number of nitrogen functional groups attached to an aromatic ring is 1. The number of unbranched alkanes of at least 4 members (excludes halogenated alkanes) is 13. The Morgan fingerprint density at radius 3 is 2.05 bits per heavy atom. The van der Waals surface area contributed by atoms with E-state index in [0.29, 0.717) is 42.3 Å².